The van der Waals surface area contributed by atoms with Crippen LogP contribution in [0.3, 0.4) is 0 Å². The van der Waals surface area contributed by atoms with Crippen molar-refractivity contribution in [3.63, 3.8) is 0 Å². The molecule has 1 aromatic heterocycles. The Hall–Kier alpha value is -1.16. The van der Waals surface area contributed by atoms with Gasteiger partial charge in [0.05, 0.1) is 0 Å². The fourth-order valence-electron chi connectivity index (χ4n) is 1.74. The molecule has 4 heteroatoms. The van der Waals surface area contributed by atoms with Crippen LogP contribution in [-0.4, -0.2) is 29.1 Å². The molecule has 1 rings (SSSR count). The molecule has 4 nitrogen and oxygen atoms in total. The molecule has 0 bridgehead atoms. The molecule has 0 spiro atoms. The van der Waals surface area contributed by atoms with Gasteiger partial charge in [-0.15, -0.1) is 0 Å². The molecule has 0 amide bonds. The Kier molecular flexibility index (Phi) is 4.68. The number of rotatable bonds is 5. The number of aryl methyl sites for hydroxylation is 2. The summed E-state index contributed by atoms with van der Waals surface area (Å²) in [6.07, 6.45) is 0.986. The summed E-state index contributed by atoms with van der Waals surface area (Å²) in [6.45, 7) is 9.93. The number of hydrogen-bond donors (Lipinski definition) is 1. The predicted octanol–water partition coefficient (Wildman–Crippen LogP) is 1.66. The lowest BCUT2D eigenvalue weighted by atomic mass is 10.2. The Balaban J connectivity index is 2.91. The quantitative estimate of drug-likeness (QED) is 0.823. The van der Waals surface area contributed by atoms with Crippen molar-refractivity contribution in [1.82, 2.24) is 9.97 Å². The number of anilines is 1. The molecular formula is C12H22N4. The molecule has 0 aliphatic rings. The van der Waals surface area contributed by atoms with Crippen molar-refractivity contribution in [3.05, 3.63) is 17.6 Å². The summed E-state index contributed by atoms with van der Waals surface area (Å²) in [5.41, 5.74) is 6.57. The van der Waals surface area contributed by atoms with Gasteiger partial charge >= 0.3 is 0 Å². The van der Waals surface area contributed by atoms with Crippen molar-refractivity contribution < 1.29 is 0 Å². The molecule has 0 radical (unpaired) electrons. The highest BCUT2D eigenvalue weighted by atomic mass is 15.2. The van der Waals surface area contributed by atoms with Gasteiger partial charge in [-0.3, -0.25) is 0 Å². The number of hydrogen-bond acceptors (Lipinski definition) is 4. The van der Waals surface area contributed by atoms with E-state index in [1.165, 1.54) is 0 Å². The van der Waals surface area contributed by atoms with E-state index in [1.807, 2.05) is 19.9 Å². The minimum Gasteiger partial charge on any atom is -0.354 e. The summed E-state index contributed by atoms with van der Waals surface area (Å²) in [5.74, 6) is 1.84. The van der Waals surface area contributed by atoms with Crippen molar-refractivity contribution in [2.24, 2.45) is 5.73 Å². The maximum Gasteiger partial charge on any atom is 0.132 e. The predicted molar refractivity (Wildman–Crippen MR) is 67.7 cm³/mol. The first-order valence-electron chi connectivity index (χ1n) is 5.83. The zero-order valence-electron chi connectivity index (χ0n) is 10.7. The topological polar surface area (TPSA) is 55.0 Å². The van der Waals surface area contributed by atoms with E-state index in [1.54, 1.807) is 0 Å². The van der Waals surface area contributed by atoms with Crippen LogP contribution < -0.4 is 10.6 Å². The molecule has 90 valence electrons. The van der Waals surface area contributed by atoms with Gasteiger partial charge in [-0.25, -0.2) is 9.97 Å². The fourth-order valence-corrected chi connectivity index (χ4v) is 1.74. The van der Waals surface area contributed by atoms with Crippen molar-refractivity contribution in [3.8, 4) is 0 Å². The normalized spacial score (nSPS) is 10.9. The largest absolute Gasteiger partial charge is 0.354 e. The van der Waals surface area contributed by atoms with Crippen molar-refractivity contribution in [2.75, 3.05) is 18.0 Å². The van der Waals surface area contributed by atoms with E-state index in [0.29, 0.717) is 12.6 Å². The third-order valence-electron chi connectivity index (χ3n) is 2.47. The SMILES string of the molecule is Cc1cc(N(CCCN)C(C)C)nc(C)n1. The first-order valence-corrected chi connectivity index (χ1v) is 5.83. The van der Waals surface area contributed by atoms with Crippen molar-refractivity contribution in [1.29, 1.82) is 0 Å². The molecule has 0 saturated carbocycles. The second kappa shape index (κ2) is 5.80. The van der Waals surface area contributed by atoms with E-state index in [9.17, 15) is 0 Å². The van der Waals surface area contributed by atoms with Crippen LogP contribution >= 0.6 is 0 Å². The molecule has 1 heterocycles. The minimum absolute atomic E-state index is 0.431. The Morgan fingerprint density at radius 1 is 1.31 bits per heavy atom. The number of nitrogens with zero attached hydrogens (tertiary/aromatic N) is 3. The van der Waals surface area contributed by atoms with Gasteiger partial charge in [-0.1, -0.05) is 0 Å². The molecule has 0 fully saturated rings. The van der Waals surface area contributed by atoms with E-state index in [4.69, 9.17) is 5.73 Å². The van der Waals surface area contributed by atoms with Crippen LogP contribution in [0.1, 0.15) is 31.8 Å². The van der Waals surface area contributed by atoms with Gasteiger partial charge in [0.1, 0.15) is 11.6 Å². The smallest absolute Gasteiger partial charge is 0.132 e. The Labute approximate surface area is 97.9 Å². The van der Waals surface area contributed by atoms with Crippen molar-refractivity contribution in [2.45, 2.75) is 40.2 Å². The van der Waals surface area contributed by atoms with Gasteiger partial charge in [-0.05, 0) is 40.7 Å². The summed E-state index contributed by atoms with van der Waals surface area (Å²) in [7, 11) is 0. The summed E-state index contributed by atoms with van der Waals surface area (Å²) >= 11 is 0. The monoisotopic (exact) mass is 222 g/mol. The highest BCUT2D eigenvalue weighted by molar-refractivity contribution is 5.40. The summed E-state index contributed by atoms with van der Waals surface area (Å²) < 4.78 is 0. The average Bonchev–Trinajstić information content (AvgIpc) is 2.16. The van der Waals surface area contributed by atoms with Crippen LogP contribution in [0.15, 0.2) is 6.07 Å². The van der Waals surface area contributed by atoms with E-state index in [2.05, 4.69) is 28.7 Å². The summed E-state index contributed by atoms with van der Waals surface area (Å²) in [5, 5.41) is 0. The maximum absolute atomic E-state index is 5.56. The van der Waals surface area contributed by atoms with Gasteiger partial charge in [-0.2, -0.15) is 0 Å². The lowest BCUT2D eigenvalue weighted by Gasteiger charge is -2.28. The van der Waals surface area contributed by atoms with Gasteiger partial charge in [0, 0.05) is 24.3 Å². The van der Waals surface area contributed by atoms with Gasteiger partial charge in [0.15, 0.2) is 0 Å². The molecular weight excluding hydrogens is 200 g/mol. The van der Waals surface area contributed by atoms with Gasteiger partial charge < -0.3 is 10.6 Å². The second-order valence-electron chi connectivity index (χ2n) is 4.34. The molecule has 0 unspecified atom stereocenters. The minimum atomic E-state index is 0.431. The average molecular weight is 222 g/mol. The maximum atomic E-state index is 5.56. The third kappa shape index (κ3) is 3.45. The van der Waals surface area contributed by atoms with E-state index >= 15 is 0 Å². The van der Waals surface area contributed by atoms with Crippen LogP contribution in [-0.2, 0) is 0 Å². The fraction of sp³-hybridized carbons (Fsp3) is 0.667. The third-order valence-corrected chi connectivity index (χ3v) is 2.47. The highest BCUT2D eigenvalue weighted by Crippen LogP contribution is 2.15. The molecule has 0 aromatic carbocycles. The van der Waals surface area contributed by atoms with Crippen LogP contribution in [0.25, 0.3) is 0 Å². The van der Waals surface area contributed by atoms with Gasteiger partial charge in [0.25, 0.3) is 0 Å². The van der Waals surface area contributed by atoms with Crippen LogP contribution in [0.4, 0.5) is 5.82 Å². The first-order chi connectivity index (χ1) is 7.54. The van der Waals surface area contributed by atoms with E-state index < -0.39 is 0 Å². The Morgan fingerprint density at radius 2 is 2.00 bits per heavy atom. The van der Waals surface area contributed by atoms with E-state index in [-0.39, 0.29) is 0 Å². The summed E-state index contributed by atoms with van der Waals surface area (Å²) in [6, 6.07) is 2.46. The van der Waals surface area contributed by atoms with E-state index in [0.717, 1.165) is 30.3 Å². The molecule has 0 aliphatic carbocycles. The Morgan fingerprint density at radius 3 is 2.50 bits per heavy atom. The standard InChI is InChI=1S/C12H22N4/c1-9(2)16(7-5-6-13)12-8-10(3)14-11(4)15-12/h8-9H,5-7,13H2,1-4H3. The molecule has 16 heavy (non-hydrogen) atoms. The molecule has 2 N–H and O–H groups in total. The number of aromatic nitrogens is 2. The van der Waals surface area contributed by atoms with Gasteiger partial charge in [0.2, 0.25) is 0 Å². The highest BCUT2D eigenvalue weighted by Gasteiger charge is 2.12. The molecule has 0 atom stereocenters. The molecule has 0 saturated heterocycles. The zero-order chi connectivity index (χ0) is 12.1. The summed E-state index contributed by atoms with van der Waals surface area (Å²) in [4.78, 5) is 11.0. The van der Waals surface area contributed by atoms with Crippen LogP contribution in [0.2, 0.25) is 0 Å². The zero-order valence-corrected chi connectivity index (χ0v) is 10.7. The first kappa shape index (κ1) is 12.9. The molecule has 0 aliphatic heterocycles. The number of nitrogens with two attached hydrogens (primary N) is 1. The Bertz CT molecular complexity index is 316. The van der Waals surface area contributed by atoms with Crippen molar-refractivity contribution >= 4 is 5.82 Å². The molecule has 1 aromatic rings. The lowest BCUT2D eigenvalue weighted by Crippen LogP contribution is -2.33. The second-order valence-corrected chi connectivity index (χ2v) is 4.34. The van der Waals surface area contributed by atoms with Crippen LogP contribution in [0.5, 0.6) is 0 Å². The van der Waals surface area contributed by atoms with Crippen LogP contribution in [0, 0.1) is 13.8 Å². The lowest BCUT2D eigenvalue weighted by molar-refractivity contribution is 0.646.